The Hall–Kier alpha value is -2.43. The van der Waals surface area contributed by atoms with Crippen LogP contribution in [0.5, 0.6) is 0 Å². The van der Waals surface area contributed by atoms with Crippen LogP contribution in [0.4, 0.5) is 0 Å². The van der Waals surface area contributed by atoms with Gasteiger partial charge in [-0.25, -0.2) is 9.97 Å². The highest BCUT2D eigenvalue weighted by Crippen LogP contribution is 2.23. The molecule has 0 radical (unpaired) electrons. The summed E-state index contributed by atoms with van der Waals surface area (Å²) in [5.74, 6) is 0. The van der Waals surface area contributed by atoms with Gasteiger partial charge in [-0.15, -0.1) is 0 Å². The number of fused-ring (bicyclic) bond motifs is 1. The minimum Gasteiger partial charge on any atom is -0.321 e. The smallest absolute Gasteiger partial charge is 0.251 e. The Bertz CT molecular complexity index is 845. The molecule has 0 unspecified atom stereocenters. The Balaban J connectivity index is 2.24. The Morgan fingerprint density at radius 1 is 1.30 bits per heavy atom. The van der Waals surface area contributed by atoms with Crippen molar-refractivity contribution in [2.24, 2.45) is 7.05 Å². The molecule has 20 heavy (non-hydrogen) atoms. The molecule has 3 aromatic rings. The van der Waals surface area contributed by atoms with E-state index < -0.39 is 0 Å². The van der Waals surface area contributed by atoms with E-state index in [4.69, 9.17) is 0 Å². The highest BCUT2D eigenvalue weighted by molar-refractivity contribution is 5.77. The lowest BCUT2D eigenvalue weighted by Crippen LogP contribution is -2.12. The minimum atomic E-state index is -0.0571. The maximum absolute atomic E-state index is 11.9. The fraction of sp³-hybridized carbons (Fsp3) is 0.267. The van der Waals surface area contributed by atoms with E-state index >= 15 is 0 Å². The standard InChI is InChI=1S/C15H16N4O/c1-4-10-5-9(2)15(20)18-13(10)11-6-12-14(16-7-11)19(3)8-17-12/h5-8H,4H2,1-3H3,(H,18,20). The monoisotopic (exact) mass is 268 g/mol. The van der Waals surface area contributed by atoms with Crippen LogP contribution < -0.4 is 5.56 Å². The molecule has 0 amide bonds. The van der Waals surface area contributed by atoms with E-state index in [-0.39, 0.29) is 5.56 Å². The number of rotatable bonds is 2. The van der Waals surface area contributed by atoms with Gasteiger partial charge in [0, 0.05) is 24.4 Å². The van der Waals surface area contributed by atoms with Crippen LogP contribution in [0.15, 0.2) is 29.5 Å². The minimum absolute atomic E-state index is 0.0571. The molecule has 5 nitrogen and oxygen atoms in total. The summed E-state index contributed by atoms with van der Waals surface area (Å²) in [4.78, 5) is 23.5. The van der Waals surface area contributed by atoms with Crippen LogP contribution in [-0.4, -0.2) is 19.5 Å². The zero-order valence-electron chi connectivity index (χ0n) is 11.8. The first-order valence-electron chi connectivity index (χ1n) is 6.60. The largest absolute Gasteiger partial charge is 0.321 e. The van der Waals surface area contributed by atoms with Crippen LogP contribution >= 0.6 is 0 Å². The summed E-state index contributed by atoms with van der Waals surface area (Å²) in [7, 11) is 1.91. The Labute approximate surface area is 116 Å². The molecule has 0 aliphatic heterocycles. The summed E-state index contributed by atoms with van der Waals surface area (Å²) < 4.78 is 1.87. The summed E-state index contributed by atoms with van der Waals surface area (Å²) in [6.45, 7) is 3.89. The number of H-pyrrole nitrogens is 1. The lowest BCUT2D eigenvalue weighted by atomic mass is 10.0. The third-order valence-corrected chi connectivity index (χ3v) is 3.53. The number of aromatic nitrogens is 4. The van der Waals surface area contributed by atoms with Crippen LogP contribution in [0.3, 0.4) is 0 Å². The number of pyridine rings is 2. The average Bonchev–Trinajstić information content (AvgIpc) is 2.82. The molecule has 1 N–H and O–H groups in total. The third kappa shape index (κ3) is 1.91. The van der Waals surface area contributed by atoms with Gasteiger partial charge in [-0.2, -0.15) is 0 Å². The van der Waals surface area contributed by atoms with Gasteiger partial charge in [-0.1, -0.05) is 6.92 Å². The van der Waals surface area contributed by atoms with Crippen LogP contribution in [0, 0.1) is 6.92 Å². The van der Waals surface area contributed by atoms with E-state index in [2.05, 4.69) is 21.9 Å². The van der Waals surface area contributed by atoms with Gasteiger partial charge in [0.25, 0.3) is 5.56 Å². The summed E-state index contributed by atoms with van der Waals surface area (Å²) >= 11 is 0. The molecule has 5 heteroatoms. The third-order valence-electron chi connectivity index (χ3n) is 3.53. The van der Waals surface area contributed by atoms with Gasteiger partial charge in [0.1, 0.15) is 5.52 Å². The molecule has 0 aromatic carbocycles. The van der Waals surface area contributed by atoms with E-state index in [0.717, 1.165) is 40.0 Å². The molecule has 0 spiro atoms. The number of hydrogen-bond acceptors (Lipinski definition) is 3. The summed E-state index contributed by atoms with van der Waals surface area (Å²) in [5, 5.41) is 0. The number of aryl methyl sites for hydroxylation is 3. The molecule has 3 aromatic heterocycles. The molecule has 102 valence electrons. The first kappa shape index (κ1) is 12.6. The molecule has 0 atom stereocenters. The van der Waals surface area contributed by atoms with E-state index in [1.165, 1.54) is 0 Å². The second-order valence-electron chi connectivity index (χ2n) is 4.96. The SMILES string of the molecule is CCc1cc(C)c(=O)[nH]c1-c1cnc2c(c1)ncn2C. The summed E-state index contributed by atoms with van der Waals surface area (Å²) in [6, 6.07) is 3.90. The molecule has 0 aliphatic rings. The predicted octanol–water partition coefficient (Wildman–Crippen LogP) is 2.19. The molecule has 0 aliphatic carbocycles. The van der Waals surface area contributed by atoms with Crippen LogP contribution in [0.1, 0.15) is 18.1 Å². The van der Waals surface area contributed by atoms with Gasteiger partial charge in [0.15, 0.2) is 5.65 Å². The topological polar surface area (TPSA) is 63.6 Å². The van der Waals surface area contributed by atoms with Gasteiger partial charge in [-0.3, -0.25) is 4.79 Å². The van der Waals surface area contributed by atoms with Crippen molar-refractivity contribution in [2.45, 2.75) is 20.3 Å². The fourth-order valence-electron chi connectivity index (χ4n) is 2.38. The lowest BCUT2D eigenvalue weighted by molar-refractivity contribution is 0.931. The fourth-order valence-corrected chi connectivity index (χ4v) is 2.38. The summed E-state index contributed by atoms with van der Waals surface area (Å²) in [6.07, 6.45) is 4.37. The second-order valence-corrected chi connectivity index (χ2v) is 4.96. The van der Waals surface area contributed by atoms with Gasteiger partial charge in [-0.05, 0) is 31.0 Å². The predicted molar refractivity (Wildman–Crippen MR) is 78.7 cm³/mol. The highest BCUT2D eigenvalue weighted by Gasteiger charge is 2.10. The van der Waals surface area contributed by atoms with Crippen molar-refractivity contribution >= 4 is 11.2 Å². The van der Waals surface area contributed by atoms with Crippen LogP contribution in [0.2, 0.25) is 0 Å². The highest BCUT2D eigenvalue weighted by atomic mass is 16.1. The van der Waals surface area contributed by atoms with Gasteiger partial charge in [0.05, 0.1) is 12.0 Å². The van der Waals surface area contributed by atoms with E-state index in [1.54, 1.807) is 12.5 Å². The molecular formula is C15H16N4O. The quantitative estimate of drug-likeness (QED) is 0.775. The summed E-state index contributed by atoms with van der Waals surface area (Å²) in [5.41, 5.74) is 5.18. The van der Waals surface area contributed by atoms with Crippen molar-refractivity contribution in [2.75, 3.05) is 0 Å². The first-order valence-corrected chi connectivity index (χ1v) is 6.60. The number of nitrogens with zero attached hydrogens (tertiary/aromatic N) is 3. The molecule has 0 saturated carbocycles. The number of hydrogen-bond donors (Lipinski definition) is 1. The molecule has 3 rings (SSSR count). The van der Waals surface area contributed by atoms with Crippen molar-refractivity contribution in [1.29, 1.82) is 0 Å². The van der Waals surface area contributed by atoms with Gasteiger partial charge >= 0.3 is 0 Å². The Morgan fingerprint density at radius 2 is 2.10 bits per heavy atom. The van der Waals surface area contributed by atoms with Crippen molar-refractivity contribution in [1.82, 2.24) is 19.5 Å². The number of imidazole rings is 1. The second kappa shape index (κ2) is 4.59. The van der Waals surface area contributed by atoms with Crippen molar-refractivity contribution in [3.05, 3.63) is 46.1 Å². The van der Waals surface area contributed by atoms with Gasteiger partial charge in [0.2, 0.25) is 0 Å². The van der Waals surface area contributed by atoms with Crippen molar-refractivity contribution < 1.29 is 0 Å². The molecule has 0 fully saturated rings. The van der Waals surface area contributed by atoms with E-state index in [1.807, 2.05) is 30.7 Å². The molecular weight excluding hydrogens is 252 g/mol. The zero-order chi connectivity index (χ0) is 14.3. The first-order chi connectivity index (χ1) is 9.60. The molecule has 3 heterocycles. The maximum atomic E-state index is 11.9. The van der Waals surface area contributed by atoms with Crippen LogP contribution in [0.25, 0.3) is 22.4 Å². The Kier molecular flexibility index (Phi) is 2.89. The number of nitrogens with one attached hydrogen (secondary N) is 1. The Morgan fingerprint density at radius 3 is 2.85 bits per heavy atom. The normalized spacial score (nSPS) is 11.2. The lowest BCUT2D eigenvalue weighted by Gasteiger charge is -2.08. The number of aromatic amines is 1. The maximum Gasteiger partial charge on any atom is 0.251 e. The van der Waals surface area contributed by atoms with Crippen molar-refractivity contribution in [3.8, 4) is 11.3 Å². The van der Waals surface area contributed by atoms with Crippen LogP contribution in [-0.2, 0) is 13.5 Å². The van der Waals surface area contributed by atoms with E-state index in [0.29, 0.717) is 0 Å². The zero-order valence-corrected chi connectivity index (χ0v) is 11.8. The van der Waals surface area contributed by atoms with E-state index in [9.17, 15) is 4.79 Å². The average molecular weight is 268 g/mol. The molecule has 0 saturated heterocycles. The van der Waals surface area contributed by atoms with Gasteiger partial charge < -0.3 is 9.55 Å². The molecule has 0 bridgehead atoms. The van der Waals surface area contributed by atoms with Crippen molar-refractivity contribution in [3.63, 3.8) is 0 Å².